The van der Waals surface area contributed by atoms with E-state index in [0.717, 1.165) is 12.8 Å². The molecule has 1 unspecified atom stereocenters. The van der Waals surface area contributed by atoms with Gasteiger partial charge < -0.3 is 20.6 Å². The van der Waals surface area contributed by atoms with Gasteiger partial charge in [0.2, 0.25) is 5.76 Å². The van der Waals surface area contributed by atoms with Crippen LogP contribution in [-0.4, -0.2) is 34.6 Å². The van der Waals surface area contributed by atoms with Gasteiger partial charge in [0.15, 0.2) is 6.39 Å². The Morgan fingerprint density at radius 1 is 1.53 bits per heavy atom. The smallest absolute Gasteiger partial charge is 0.326 e. The number of rotatable bonds is 7. The molecule has 1 atom stereocenters. The molecule has 0 spiro atoms. The molecule has 1 amide bonds. The molecule has 94 valence electrons. The van der Waals surface area contributed by atoms with Gasteiger partial charge in [-0.2, -0.15) is 0 Å². The molecule has 7 nitrogen and oxygen atoms in total. The van der Waals surface area contributed by atoms with Gasteiger partial charge in [0, 0.05) is 0 Å². The number of aromatic nitrogens is 1. The monoisotopic (exact) mass is 241 g/mol. The number of nitrogens with one attached hydrogen (secondary N) is 1. The number of unbranched alkanes of at least 4 members (excludes halogenated alkanes) is 1. The van der Waals surface area contributed by atoms with Gasteiger partial charge in [0.05, 0.1) is 6.20 Å². The zero-order valence-electron chi connectivity index (χ0n) is 9.26. The first-order chi connectivity index (χ1) is 8.15. The van der Waals surface area contributed by atoms with E-state index in [0.29, 0.717) is 19.4 Å². The van der Waals surface area contributed by atoms with Crippen molar-refractivity contribution in [1.29, 1.82) is 0 Å². The average Bonchev–Trinajstić information content (AvgIpc) is 2.81. The van der Waals surface area contributed by atoms with E-state index in [2.05, 4.69) is 10.3 Å². The van der Waals surface area contributed by atoms with Gasteiger partial charge in [-0.1, -0.05) is 0 Å². The lowest BCUT2D eigenvalue weighted by molar-refractivity contribution is -0.139. The van der Waals surface area contributed by atoms with Crippen LogP contribution >= 0.6 is 0 Å². The normalized spacial score (nSPS) is 12.1. The van der Waals surface area contributed by atoms with E-state index in [9.17, 15) is 9.59 Å². The Hall–Kier alpha value is -1.89. The van der Waals surface area contributed by atoms with Crippen LogP contribution in [0.5, 0.6) is 0 Å². The Morgan fingerprint density at radius 2 is 2.29 bits per heavy atom. The molecular weight excluding hydrogens is 226 g/mol. The molecule has 1 heterocycles. The van der Waals surface area contributed by atoms with E-state index < -0.39 is 17.9 Å². The number of hydrogen-bond acceptors (Lipinski definition) is 5. The number of amides is 1. The first-order valence-corrected chi connectivity index (χ1v) is 5.27. The molecule has 0 fully saturated rings. The zero-order valence-corrected chi connectivity index (χ0v) is 9.26. The maximum Gasteiger partial charge on any atom is 0.326 e. The van der Waals surface area contributed by atoms with Gasteiger partial charge in [0.25, 0.3) is 5.91 Å². The van der Waals surface area contributed by atoms with E-state index in [1.165, 1.54) is 6.20 Å². The molecule has 0 aromatic carbocycles. The van der Waals surface area contributed by atoms with Crippen molar-refractivity contribution in [2.24, 2.45) is 5.73 Å². The molecule has 7 heteroatoms. The molecule has 1 rings (SSSR count). The standard InChI is InChI=1S/C10H15N3O4/c11-4-2-1-3-7(10(15)16)13-9(14)8-5-12-6-17-8/h5-7H,1-4,11H2,(H,13,14)(H,15,16). The van der Waals surface area contributed by atoms with Crippen molar-refractivity contribution in [1.82, 2.24) is 10.3 Å². The van der Waals surface area contributed by atoms with Gasteiger partial charge in [-0.25, -0.2) is 9.78 Å². The predicted molar refractivity (Wildman–Crippen MR) is 58.3 cm³/mol. The van der Waals surface area contributed by atoms with Gasteiger partial charge in [-0.3, -0.25) is 4.79 Å². The predicted octanol–water partition coefficient (Wildman–Crippen LogP) is -0.0134. The van der Waals surface area contributed by atoms with Crippen LogP contribution in [0.25, 0.3) is 0 Å². The summed E-state index contributed by atoms with van der Waals surface area (Å²) in [6.07, 6.45) is 4.05. The summed E-state index contributed by atoms with van der Waals surface area (Å²) in [5.41, 5.74) is 5.31. The van der Waals surface area contributed by atoms with Crippen molar-refractivity contribution >= 4 is 11.9 Å². The number of nitrogens with two attached hydrogens (primary N) is 1. The minimum absolute atomic E-state index is 0.00456. The van der Waals surface area contributed by atoms with E-state index >= 15 is 0 Å². The largest absolute Gasteiger partial charge is 0.480 e. The molecule has 0 saturated heterocycles. The number of carbonyl (C=O) groups excluding carboxylic acids is 1. The fourth-order valence-electron chi connectivity index (χ4n) is 1.31. The van der Waals surface area contributed by atoms with Crippen molar-refractivity contribution in [2.45, 2.75) is 25.3 Å². The van der Waals surface area contributed by atoms with Crippen LogP contribution in [0.1, 0.15) is 29.8 Å². The third kappa shape index (κ3) is 4.23. The summed E-state index contributed by atoms with van der Waals surface area (Å²) in [7, 11) is 0. The number of oxazole rings is 1. The third-order valence-corrected chi connectivity index (χ3v) is 2.21. The molecule has 17 heavy (non-hydrogen) atoms. The topological polar surface area (TPSA) is 118 Å². The minimum Gasteiger partial charge on any atom is -0.480 e. The molecule has 1 aromatic heterocycles. The Balaban J connectivity index is 2.49. The molecule has 0 radical (unpaired) electrons. The Morgan fingerprint density at radius 3 is 2.82 bits per heavy atom. The van der Waals surface area contributed by atoms with Crippen molar-refractivity contribution in [2.75, 3.05) is 6.54 Å². The van der Waals surface area contributed by atoms with E-state index in [1.807, 2.05) is 0 Å². The second-order valence-corrected chi connectivity index (χ2v) is 3.51. The summed E-state index contributed by atoms with van der Waals surface area (Å²) in [5, 5.41) is 11.3. The Labute approximate surface area is 98.0 Å². The van der Waals surface area contributed by atoms with Crippen molar-refractivity contribution in [3.63, 3.8) is 0 Å². The van der Waals surface area contributed by atoms with E-state index in [4.69, 9.17) is 15.3 Å². The number of carboxylic acids is 1. The molecule has 0 saturated carbocycles. The van der Waals surface area contributed by atoms with E-state index in [-0.39, 0.29) is 5.76 Å². The highest BCUT2D eigenvalue weighted by Crippen LogP contribution is 2.03. The number of hydrogen-bond donors (Lipinski definition) is 3. The Kier molecular flexibility index (Phi) is 5.15. The molecular formula is C10H15N3O4. The lowest BCUT2D eigenvalue weighted by atomic mass is 10.1. The summed E-state index contributed by atoms with van der Waals surface area (Å²) in [6.45, 7) is 0.502. The molecule has 0 aliphatic heterocycles. The average molecular weight is 241 g/mol. The second kappa shape index (κ2) is 6.64. The summed E-state index contributed by atoms with van der Waals surface area (Å²) in [6, 6.07) is -0.931. The highest BCUT2D eigenvalue weighted by atomic mass is 16.4. The van der Waals surface area contributed by atoms with Crippen LogP contribution in [0.3, 0.4) is 0 Å². The molecule has 1 aromatic rings. The lowest BCUT2D eigenvalue weighted by Gasteiger charge is -2.12. The van der Waals surface area contributed by atoms with Gasteiger partial charge in [0.1, 0.15) is 6.04 Å². The third-order valence-electron chi connectivity index (χ3n) is 2.21. The maximum absolute atomic E-state index is 11.5. The van der Waals surface area contributed by atoms with Crippen LogP contribution in [0, 0.1) is 0 Å². The number of carbonyl (C=O) groups is 2. The summed E-state index contributed by atoms with van der Waals surface area (Å²) < 4.78 is 4.77. The summed E-state index contributed by atoms with van der Waals surface area (Å²) in [4.78, 5) is 26.0. The van der Waals surface area contributed by atoms with Crippen LogP contribution in [0.15, 0.2) is 17.0 Å². The Bertz CT molecular complexity index is 364. The number of carboxylic acid groups (broad SMARTS) is 1. The maximum atomic E-state index is 11.5. The highest BCUT2D eigenvalue weighted by Gasteiger charge is 2.21. The molecule has 0 aliphatic rings. The SMILES string of the molecule is NCCCCC(NC(=O)c1cnco1)C(=O)O. The van der Waals surface area contributed by atoms with Gasteiger partial charge >= 0.3 is 5.97 Å². The first kappa shape index (κ1) is 13.2. The zero-order chi connectivity index (χ0) is 12.7. The highest BCUT2D eigenvalue weighted by molar-refractivity contribution is 5.93. The van der Waals surface area contributed by atoms with Crippen molar-refractivity contribution < 1.29 is 19.1 Å². The van der Waals surface area contributed by atoms with Crippen LogP contribution in [-0.2, 0) is 4.79 Å². The summed E-state index contributed by atoms with van der Waals surface area (Å²) in [5.74, 6) is -1.66. The van der Waals surface area contributed by atoms with Crippen LogP contribution in [0.4, 0.5) is 0 Å². The summed E-state index contributed by atoms with van der Waals surface area (Å²) >= 11 is 0. The fourth-order valence-corrected chi connectivity index (χ4v) is 1.31. The van der Waals surface area contributed by atoms with Gasteiger partial charge in [-0.15, -0.1) is 0 Å². The fraction of sp³-hybridized carbons (Fsp3) is 0.500. The molecule has 4 N–H and O–H groups in total. The van der Waals surface area contributed by atoms with Crippen molar-refractivity contribution in [3.8, 4) is 0 Å². The van der Waals surface area contributed by atoms with Crippen LogP contribution < -0.4 is 11.1 Å². The van der Waals surface area contributed by atoms with Crippen molar-refractivity contribution in [3.05, 3.63) is 18.4 Å². The molecule has 0 bridgehead atoms. The van der Waals surface area contributed by atoms with Crippen LogP contribution in [0.2, 0.25) is 0 Å². The first-order valence-electron chi connectivity index (χ1n) is 5.27. The minimum atomic E-state index is -1.07. The molecule has 0 aliphatic carbocycles. The lowest BCUT2D eigenvalue weighted by Crippen LogP contribution is -2.40. The second-order valence-electron chi connectivity index (χ2n) is 3.51. The van der Waals surface area contributed by atoms with E-state index in [1.54, 1.807) is 0 Å². The van der Waals surface area contributed by atoms with Gasteiger partial charge in [-0.05, 0) is 25.8 Å². The number of nitrogens with zero attached hydrogens (tertiary/aromatic N) is 1. The number of aliphatic carboxylic acids is 1. The quantitative estimate of drug-likeness (QED) is 0.577.